The fraction of sp³-hybridized carbons (Fsp3) is 0.458. The number of H-pyrrole nitrogens is 1. The summed E-state index contributed by atoms with van der Waals surface area (Å²) in [6.45, 7) is 15.3. The lowest BCUT2D eigenvalue weighted by Crippen LogP contribution is -2.55. The van der Waals surface area contributed by atoms with Crippen LogP contribution < -0.4 is 10.2 Å². The molecular weight excluding hydrogens is 386 g/mol. The summed E-state index contributed by atoms with van der Waals surface area (Å²) < 4.78 is 1.87. The summed E-state index contributed by atoms with van der Waals surface area (Å²) in [7, 11) is 0. The van der Waals surface area contributed by atoms with Crippen LogP contribution in [0.5, 0.6) is 0 Å². The Kier molecular flexibility index (Phi) is 4.73. The zero-order valence-electron chi connectivity index (χ0n) is 19.2. The number of piperazine rings is 1. The maximum atomic E-state index is 5.20. The molecule has 0 radical (unpaired) electrons. The van der Waals surface area contributed by atoms with E-state index in [1.165, 1.54) is 11.1 Å². The largest absolute Gasteiger partial charge is 0.353 e. The Morgan fingerprint density at radius 1 is 1.06 bits per heavy atom. The Labute approximate surface area is 182 Å². The molecule has 0 bridgehead atoms. The second-order valence-corrected chi connectivity index (χ2v) is 9.22. The molecule has 0 unspecified atom stereocenters. The molecule has 162 valence electrons. The van der Waals surface area contributed by atoms with Crippen molar-refractivity contribution in [1.82, 2.24) is 29.9 Å². The number of rotatable bonds is 3. The summed E-state index contributed by atoms with van der Waals surface area (Å²) in [5, 5.41) is 7.90. The minimum atomic E-state index is 0.329. The second kappa shape index (κ2) is 7.34. The van der Waals surface area contributed by atoms with Crippen molar-refractivity contribution in [3.8, 4) is 11.3 Å². The Hall–Kier alpha value is -2.93. The molecule has 0 spiro atoms. The molecule has 0 aromatic carbocycles. The van der Waals surface area contributed by atoms with Crippen molar-refractivity contribution >= 4 is 22.5 Å². The topological polar surface area (TPSA) is 74.1 Å². The predicted molar refractivity (Wildman–Crippen MR) is 126 cm³/mol. The van der Waals surface area contributed by atoms with Gasteiger partial charge in [0.2, 0.25) is 0 Å². The molecule has 1 saturated heterocycles. The van der Waals surface area contributed by atoms with Gasteiger partial charge in [-0.25, -0.2) is 14.5 Å². The van der Waals surface area contributed by atoms with Gasteiger partial charge in [0.1, 0.15) is 12.1 Å². The molecule has 0 aliphatic carbocycles. The predicted octanol–water partition coefficient (Wildman–Crippen LogP) is 4.20. The van der Waals surface area contributed by atoms with Crippen LogP contribution in [0.2, 0.25) is 0 Å². The molecule has 1 aliphatic heterocycles. The normalized spacial score (nSPS) is 19.8. The minimum Gasteiger partial charge on any atom is -0.353 e. The van der Waals surface area contributed by atoms with E-state index < -0.39 is 0 Å². The van der Waals surface area contributed by atoms with Gasteiger partial charge in [0, 0.05) is 42.5 Å². The molecule has 4 aromatic heterocycles. The van der Waals surface area contributed by atoms with Crippen LogP contribution in [0.25, 0.3) is 27.9 Å². The zero-order valence-corrected chi connectivity index (χ0v) is 19.2. The maximum absolute atomic E-state index is 5.20. The van der Waals surface area contributed by atoms with Gasteiger partial charge in [0.05, 0.1) is 16.7 Å². The lowest BCUT2D eigenvalue weighted by Gasteiger charge is -2.40. The van der Waals surface area contributed by atoms with Crippen LogP contribution in [0.15, 0.2) is 24.7 Å². The summed E-state index contributed by atoms with van der Waals surface area (Å²) >= 11 is 0. The average Bonchev–Trinajstić information content (AvgIpc) is 3.34. The van der Waals surface area contributed by atoms with Gasteiger partial charge in [-0.05, 0) is 56.9 Å². The van der Waals surface area contributed by atoms with Crippen molar-refractivity contribution in [3.05, 3.63) is 41.3 Å². The highest BCUT2D eigenvalue weighted by Crippen LogP contribution is 2.38. The van der Waals surface area contributed by atoms with Crippen LogP contribution in [0, 0.1) is 13.8 Å². The Bertz CT molecular complexity index is 1260. The van der Waals surface area contributed by atoms with Crippen molar-refractivity contribution in [2.24, 2.45) is 0 Å². The SMILES string of the molecule is Cc1c(-c2[nH]c3ccc(N4[C@H](C)CNC[C@H]4C)nc3c2C(C)C)cn2ncnc2c1C. The fourth-order valence-electron chi connectivity index (χ4n) is 5.03. The van der Waals surface area contributed by atoms with Crippen molar-refractivity contribution in [2.45, 2.75) is 59.5 Å². The van der Waals surface area contributed by atoms with E-state index >= 15 is 0 Å². The molecule has 1 aliphatic rings. The molecule has 31 heavy (non-hydrogen) atoms. The zero-order chi connectivity index (χ0) is 21.9. The molecule has 7 heteroatoms. The first kappa shape index (κ1) is 20.0. The molecular formula is C24H31N7. The molecule has 2 N–H and O–H groups in total. The van der Waals surface area contributed by atoms with E-state index in [0.29, 0.717) is 18.0 Å². The van der Waals surface area contributed by atoms with E-state index in [1.807, 2.05) is 4.52 Å². The van der Waals surface area contributed by atoms with Crippen LogP contribution in [0.4, 0.5) is 5.82 Å². The summed E-state index contributed by atoms with van der Waals surface area (Å²) in [6.07, 6.45) is 3.70. The summed E-state index contributed by atoms with van der Waals surface area (Å²) in [5.41, 5.74) is 8.97. The van der Waals surface area contributed by atoms with Gasteiger partial charge in [-0.15, -0.1) is 0 Å². The molecule has 0 saturated carbocycles. The monoisotopic (exact) mass is 417 g/mol. The second-order valence-electron chi connectivity index (χ2n) is 9.22. The van der Waals surface area contributed by atoms with Crippen molar-refractivity contribution < 1.29 is 0 Å². The third-order valence-electron chi connectivity index (χ3n) is 6.73. The fourth-order valence-corrected chi connectivity index (χ4v) is 5.03. The third kappa shape index (κ3) is 3.10. The number of nitrogens with zero attached hydrogens (tertiary/aromatic N) is 5. The molecule has 0 amide bonds. The number of anilines is 1. The van der Waals surface area contributed by atoms with E-state index in [2.05, 4.69) is 85.2 Å². The van der Waals surface area contributed by atoms with E-state index in [4.69, 9.17) is 4.98 Å². The van der Waals surface area contributed by atoms with E-state index in [9.17, 15) is 0 Å². The number of nitrogens with one attached hydrogen (secondary N) is 2. The lowest BCUT2D eigenvalue weighted by molar-refractivity contribution is 0.429. The number of fused-ring (bicyclic) bond motifs is 2. The van der Waals surface area contributed by atoms with Gasteiger partial charge in [-0.2, -0.15) is 5.10 Å². The van der Waals surface area contributed by atoms with Gasteiger partial charge in [0.25, 0.3) is 0 Å². The van der Waals surface area contributed by atoms with Crippen LogP contribution in [0.1, 0.15) is 50.3 Å². The number of pyridine rings is 2. The van der Waals surface area contributed by atoms with Crippen LogP contribution in [-0.4, -0.2) is 49.7 Å². The summed E-state index contributed by atoms with van der Waals surface area (Å²) in [4.78, 5) is 15.7. The molecule has 7 nitrogen and oxygen atoms in total. The van der Waals surface area contributed by atoms with Crippen LogP contribution in [-0.2, 0) is 0 Å². The number of aromatic amines is 1. The Morgan fingerprint density at radius 3 is 2.52 bits per heavy atom. The van der Waals surface area contributed by atoms with Crippen LogP contribution in [0.3, 0.4) is 0 Å². The van der Waals surface area contributed by atoms with Crippen molar-refractivity contribution in [1.29, 1.82) is 0 Å². The highest BCUT2D eigenvalue weighted by atomic mass is 15.3. The van der Waals surface area contributed by atoms with Crippen molar-refractivity contribution in [3.63, 3.8) is 0 Å². The summed E-state index contributed by atoms with van der Waals surface area (Å²) in [6, 6.07) is 5.16. The van der Waals surface area contributed by atoms with Crippen LogP contribution >= 0.6 is 0 Å². The smallest absolute Gasteiger partial charge is 0.158 e. The lowest BCUT2D eigenvalue weighted by atomic mass is 9.95. The van der Waals surface area contributed by atoms with E-state index in [-0.39, 0.29) is 0 Å². The van der Waals surface area contributed by atoms with Gasteiger partial charge in [0.15, 0.2) is 5.65 Å². The molecule has 4 aromatic rings. The Balaban J connectivity index is 1.72. The van der Waals surface area contributed by atoms with Crippen molar-refractivity contribution in [2.75, 3.05) is 18.0 Å². The molecule has 2 atom stereocenters. The molecule has 1 fully saturated rings. The first-order valence-electron chi connectivity index (χ1n) is 11.2. The van der Waals surface area contributed by atoms with E-state index in [0.717, 1.165) is 52.4 Å². The van der Waals surface area contributed by atoms with E-state index in [1.54, 1.807) is 6.33 Å². The minimum absolute atomic E-state index is 0.329. The first-order chi connectivity index (χ1) is 14.9. The Morgan fingerprint density at radius 2 is 1.81 bits per heavy atom. The van der Waals surface area contributed by atoms with Gasteiger partial charge in [-0.1, -0.05) is 13.8 Å². The number of hydrogen-bond donors (Lipinski definition) is 2. The number of hydrogen-bond acceptors (Lipinski definition) is 5. The number of aryl methyl sites for hydroxylation is 1. The maximum Gasteiger partial charge on any atom is 0.158 e. The third-order valence-corrected chi connectivity index (χ3v) is 6.73. The van der Waals surface area contributed by atoms with Gasteiger partial charge >= 0.3 is 0 Å². The quantitative estimate of drug-likeness (QED) is 0.523. The number of aromatic nitrogens is 5. The van der Waals surface area contributed by atoms with Gasteiger partial charge in [-0.3, -0.25) is 0 Å². The highest BCUT2D eigenvalue weighted by Gasteiger charge is 2.27. The summed E-state index contributed by atoms with van der Waals surface area (Å²) in [5.74, 6) is 1.39. The average molecular weight is 418 g/mol. The highest BCUT2D eigenvalue weighted by molar-refractivity contribution is 5.90. The standard InChI is InChI=1S/C24H31N7/c1-13(2)21-22(18-11-30-24(26-12-27-30)17(6)16(18)5)28-19-7-8-20(29-23(19)21)31-14(3)9-25-10-15(31)4/h7-8,11-15,25,28H,9-10H2,1-6H3/t14-,15-/m1/s1. The molecule has 5 heterocycles. The first-order valence-corrected chi connectivity index (χ1v) is 11.2. The molecule has 5 rings (SSSR count). The van der Waals surface area contributed by atoms with Gasteiger partial charge < -0.3 is 15.2 Å².